The Balaban J connectivity index is 1.91. The van der Waals surface area contributed by atoms with Gasteiger partial charge in [0, 0.05) is 13.1 Å². The number of aromatic nitrogens is 2. The second kappa shape index (κ2) is 6.85. The van der Waals surface area contributed by atoms with Crippen LogP contribution in [-0.2, 0) is 0 Å². The number of anilines is 1. The van der Waals surface area contributed by atoms with Gasteiger partial charge < -0.3 is 15.5 Å². The van der Waals surface area contributed by atoms with Crippen molar-refractivity contribution in [1.29, 1.82) is 0 Å². The van der Waals surface area contributed by atoms with E-state index in [0.717, 1.165) is 32.5 Å². The second-order valence-electron chi connectivity index (χ2n) is 6.12. The molecule has 0 bridgehead atoms. The van der Waals surface area contributed by atoms with Gasteiger partial charge in [0.05, 0.1) is 12.4 Å². The number of nitrogens with one attached hydrogen (secondary N) is 2. The summed E-state index contributed by atoms with van der Waals surface area (Å²) in [6, 6.07) is 0. The van der Waals surface area contributed by atoms with E-state index >= 15 is 0 Å². The van der Waals surface area contributed by atoms with Crippen molar-refractivity contribution < 1.29 is 4.79 Å². The molecule has 1 amide bonds. The third kappa shape index (κ3) is 4.39. The highest BCUT2D eigenvalue weighted by Gasteiger charge is 2.29. The Morgan fingerprint density at radius 1 is 1.38 bits per heavy atom. The maximum absolute atomic E-state index is 12.2. The molecule has 1 fully saturated rings. The maximum Gasteiger partial charge on any atom is 0.271 e. The smallest absolute Gasteiger partial charge is 0.271 e. The number of nitrogens with zero attached hydrogens (tertiary/aromatic N) is 3. The molecule has 2 rings (SSSR count). The maximum atomic E-state index is 12.2. The first kappa shape index (κ1) is 15.7. The van der Waals surface area contributed by atoms with Gasteiger partial charge in [-0.2, -0.15) is 0 Å². The number of carbonyl (C=O) groups is 1. The predicted octanol–water partition coefficient (Wildman–Crippen LogP) is 1.37. The summed E-state index contributed by atoms with van der Waals surface area (Å²) in [4.78, 5) is 22.8. The molecule has 0 aromatic carbocycles. The van der Waals surface area contributed by atoms with Crippen molar-refractivity contribution in [3.05, 3.63) is 18.1 Å². The molecule has 6 nitrogen and oxygen atoms in total. The second-order valence-corrected chi connectivity index (χ2v) is 6.12. The summed E-state index contributed by atoms with van der Waals surface area (Å²) in [5, 5.41) is 6.07. The number of rotatable bonds is 5. The van der Waals surface area contributed by atoms with Crippen molar-refractivity contribution in [3.63, 3.8) is 0 Å². The van der Waals surface area contributed by atoms with Crippen LogP contribution in [0.15, 0.2) is 12.4 Å². The molecule has 116 valence electrons. The molecule has 0 aliphatic carbocycles. The van der Waals surface area contributed by atoms with Gasteiger partial charge in [0.15, 0.2) is 0 Å². The van der Waals surface area contributed by atoms with Gasteiger partial charge in [0.25, 0.3) is 5.91 Å². The first-order chi connectivity index (χ1) is 10.0. The lowest BCUT2D eigenvalue weighted by Crippen LogP contribution is -2.43. The Bertz CT molecular complexity index is 483. The summed E-state index contributed by atoms with van der Waals surface area (Å²) in [6.45, 7) is 7.83. The van der Waals surface area contributed by atoms with Crippen LogP contribution >= 0.6 is 0 Å². The van der Waals surface area contributed by atoms with Crippen LogP contribution in [0.5, 0.6) is 0 Å². The van der Waals surface area contributed by atoms with Crippen molar-refractivity contribution in [3.8, 4) is 0 Å². The normalized spacial score (nSPS) is 18.2. The van der Waals surface area contributed by atoms with Crippen molar-refractivity contribution in [2.75, 3.05) is 38.5 Å². The van der Waals surface area contributed by atoms with E-state index in [1.165, 1.54) is 6.20 Å². The zero-order valence-corrected chi connectivity index (χ0v) is 13.1. The van der Waals surface area contributed by atoms with E-state index in [0.29, 0.717) is 18.1 Å². The van der Waals surface area contributed by atoms with Crippen molar-refractivity contribution >= 4 is 11.7 Å². The molecule has 0 spiro atoms. The summed E-state index contributed by atoms with van der Waals surface area (Å²) < 4.78 is 0. The number of hydrogen-bond donors (Lipinski definition) is 2. The minimum absolute atomic E-state index is 0.151. The molecular formula is C15H25N5O. The fraction of sp³-hybridized carbons (Fsp3) is 0.667. The molecule has 1 aliphatic heterocycles. The molecule has 0 atom stereocenters. The molecule has 1 saturated heterocycles. The van der Waals surface area contributed by atoms with Crippen LogP contribution < -0.4 is 10.6 Å². The lowest BCUT2D eigenvalue weighted by Gasteiger charge is -2.37. The van der Waals surface area contributed by atoms with E-state index < -0.39 is 0 Å². The van der Waals surface area contributed by atoms with E-state index in [9.17, 15) is 4.79 Å². The molecule has 6 heteroatoms. The number of likely N-dealkylation sites (tertiary alicyclic amines) is 1. The molecule has 21 heavy (non-hydrogen) atoms. The first-order valence-corrected chi connectivity index (χ1v) is 7.55. The standard InChI is InChI=1S/C15H25N5O/c1-4-17-13-10-16-9-12(19-13)14(21)18-11-15(2)5-7-20(3)8-6-15/h9-10H,4-8,11H2,1-3H3,(H,17,19)(H,18,21). The summed E-state index contributed by atoms with van der Waals surface area (Å²) in [7, 11) is 2.14. The Hall–Kier alpha value is -1.69. The van der Waals surface area contributed by atoms with Crippen LogP contribution in [0.4, 0.5) is 5.82 Å². The van der Waals surface area contributed by atoms with Gasteiger partial charge in [-0.1, -0.05) is 6.92 Å². The van der Waals surface area contributed by atoms with Crippen molar-refractivity contribution in [1.82, 2.24) is 20.2 Å². The van der Waals surface area contributed by atoms with Gasteiger partial charge in [-0.15, -0.1) is 0 Å². The van der Waals surface area contributed by atoms with Gasteiger partial charge in [-0.25, -0.2) is 4.98 Å². The average molecular weight is 291 g/mol. The molecule has 0 saturated carbocycles. The van der Waals surface area contributed by atoms with Crippen molar-refractivity contribution in [2.24, 2.45) is 5.41 Å². The topological polar surface area (TPSA) is 70.2 Å². The van der Waals surface area contributed by atoms with Gasteiger partial charge in [0.1, 0.15) is 11.5 Å². The van der Waals surface area contributed by atoms with Crippen LogP contribution in [0.1, 0.15) is 37.2 Å². The third-order valence-electron chi connectivity index (χ3n) is 4.09. The Morgan fingerprint density at radius 3 is 2.76 bits per heavy atom. The van der Waals surface area contributed by atoms with Crippen LogP contribution in [0.25, 0.3) is 0 Å². The SMILES string of the molecule is CCNc1cncc(C(=O)NCC2(C)CCN(C)CC2)n1. The van der Waals surface area contributed by atoms with Gasteiger partial charge in [-0.05, 0) is 45.3 Å². The fourth-order valence-electron chi connectivity index (χ4n) is 2.46. The van der Waals surface area contributed by atoms with Crippen LogP contribution in [-0.4, -0.2) is 54.0 Å². The highest BCUT2D eigenvalue weighted by Crippen LogP contribution is 2.29. The molecular weight excluding hydrogens is 266 g/mol. The summed E-state index contributed by atoms with van der Waals surface area (Å²) in [5.41, 5.74) is 0.541. The molecule has 1 aromatic rings. The van der Waals surface area contributed by atoms with Gasteiger partial charge in [0.2, 0.25) is 0 Å². The minimum Gasteiger partial charge on any atom is -0.369 e. The van der Waals surface area contributed by atoms with Crippen LogP contribution in [0, 0.1) is 5.41 Å². The zero-order valence-electron chi connectivity index (χ0n) is 13.1. The molecule has 0 radical (unpaired) electrons. The summed E-state index contributed by atoms with van der Waals surface area (Å²) in [6.07, 6.45) is 5.34. The number of amides is 1. The number of piperidine rings is 1. The Morgan fingerprint density at radius 2 is 2.10 bits per heavy atom. The first-order valence-electron chi connectivity index (χ1n) is 7.55. The van der Waals surface area contributed by atoms with E-state index in [2.05, 4.69) is 39.5 Å². The monoisotopic (exact) mass is 291 g/mol. The lowest BCUT2D eigenvalue weighted by molar-refractivity contribution is 0.0886. The van der Waals surface area contributed by atoms with E-state index in [-0.39, 0.29) is 11.3 Å². The number of hydrogen-bond acceptors (Lipinski definition) is 5. The Kier molecular flexibility index (Phi) is 5.12. The third-order valence-corrected chi connectivity index (χ3v) is 4.09. The van der Waals surface area contributed by atoms with Crippen LogP contribution in [0.2, 0.25) is 0 Å². The quantitative estimate of drug-likeness (QED) is 0.857. The Labute approximate surface area is 126 Å². The largest absolute Gasteiger partial charge is 0.369 e. The predicted molar refractivity (Wildman–Crippen MR) is 83.4 cm³/mol. The van der Waals surface area contributed by atoms with Gasteiger partial charge >= 0.3 is 0 Å². The van der Waals surface area contributed by atoms with E-state index in [1.54, 1.807) is 6.20 Å². The average Bonchev–Trinajstić information content (AvgIpc) is 2.49. The highest BCUT2D eigenvalue weighted by atomic mass is 16.1. The van der Waals surface area contributed by atoms with E-state index in [4.69, 9.17) is 0 Å². The molecule has 2 heterocycles. The number of carbonyl (C=O) groups excluding carboxylic acids is 1. The van der Waals surface area contributed by atoms with Crippen LogP contribution in [0.3, 0.4) is 0 Å². The molecule has 1 aliphatic rings. The fourth-order valence-corrected chi connectivity index (χ4v) is 2.46. The summed E-state index contributed by atoms with van der Waals surface area (Å²) in [5.74, 6) is 0.484. The minimum atomic E-state index is -0.151. The molecule has 1 aromatic heterocycles. The van der Waals surface area contributed by atoms with Gasteiger partial charge in [-0.3, -0.25) is 9.78 Å². The van der Waals surface area contributed by atoms with E-state index in [1.807, 2.05) is 6.92 Å². The summed E-state index contributed by atoms with van der Waals surface area (Å²) >= 11 is 0. The molecule has 2 N–H and O–H groups in total. The highest BCUT2D eigenvalue weighted by molar-refractivity contribution is 5.92. The molecule has 0 unspecified atom stereocenters. The zero-order chi connectivity index (χ0) is 15.3. The van der Waals surface area contributed by atoms with Crippen molar-refractivity contribution in [2.45, 2.75) is 26.7 Å². The lowest BCUT2D eigenvalue weighted by atomic mass is 9.80.